The van der Waals surface area contributed by atoms with Crippen LogP contribution in [0, 0.1) is 12.3 Å². The number of aldehydes is 1. The monoisotopic (exact) mass is 542 g/mol. The molecular weight excluding hydrogens is 488 g/mol. The first-order valence-electron chi connectivity index (χ1n) is 13.6. The topological polar surface area (TPSA) is 106 Å². The SMILES string of the molecule is C=C=C(C)NC1(C)C=c2c(-c3cc(C)cc(C4CC(CC)(CC)C4)c3)cn(C)c2=CC1.CC=O.CO.CO.O.[HH]. The molecule has 39 heavy (non-hydrogen) atoms. The van der Waals surface area contributed by atoms with Gasteiger partial charge in [-0.25, -0.2) is 0 Å². The average molecular weight is 543 g/mol. The number of allylic oxidation sites excluding steroid dienone is 1. The Morgan fingerprint density at radius 1 is 1.21 bits per heavy atom. The number of fused-ring (bicyclic) bond motifs is 1. The van der Waals surface area contributed by atoms with Crippen molar-refractivity contribution < 1.29 is 21.9 Å². The van der Waals surface area contributed by atoms with Crippen molar-refractivity contribution in [3.05, 3.63) is 64.1 Å². The van der Waals surface area contributed by atoms with E-state index in [1.165, 1.54) is 65.4 Å². The number of aryl methyl sites for hydroxylation is 2. The molecule has 6 heteroatoms. The lowest BCUT2D eigenvalue weighted by atomic mass is 9.57. The smallest absolute Gasteiger partial charge is 0.116 e. The van der Waals surface area contributed by atoms with Crippen LogP contribution in [0.2, 0.25) is 0 Å². The van der Waals surface area contributed by atoms with Crippen molar-refractivity contribution in [3.63, 3.8) is 0 Å². The van der Waals surface area contributed by atoms with Gasteiger partial charge in [0, 0.05) is 45.0 Å². The van der Waals surface area contributed by atoms with Crippen LogP contribution in [0.15, 0.2) is 42.4 Å². The maximum Gasteiger partial charge on any atom is 0.116 e. The maximum absolute atomic E-state index is 8.81. The molecule has 0 bridgehead atoms. The van der Waals surface area contributed by atoms with Gasteiger partial charge < -0.3 is 30.4 Å². The van der Waals surface area contributed by atoms with E-state index in [1.54, 1.807) is 0 Å². The van der Waals surface area contributed by atoms with Gasteiger partial charge >= 0.3 is 0 Å². The van der Waals surface area contributed by atoms with Crippen molar-refractivity contribution in [2.75, 3.05) is 14.2 Å². The zero-order chi connectivity index (χ0) is 29.1. The fourth-order valence-electron chi connectivity index (χ4n) is 5.79. The molecular formula is C33H54N2O4. The van der Waals surface area contributed by atoms with Crippen LogP contribution in [-0.4, -0.2) is 46.3 Å². The molecule has 1 aromatic carbocycles. The summed E-state index contributed by atoms with van der Waals surface area (Å²) in [6.07, 6.45) is 14.1. The van der Waals surface area contributed by atoms with Crippen LogP contribution in [0.3, 0.4) is 0 Å². The lowest BCUT2D eigenvalue weighted by molar-refractivity contribution is -0.106. The van der Waals surface area contributed by atoms with E-state index in [0.29, 0.717) is 11.3 Å². The molecule has 1 unspecified atom stereocenters. The van der Waals surface area contributed by atoms with Gasteiger partial charge in [-0.1, -0.05) is 63.1 Å². The number of rotatable bonds is 6. The number of carbonyl (C=O) groups is 1. The van der Waals surface area contributed by atoms with Gasteiger partial charge in [0.05, 0.1) is 11.2 Å². The molecule has 1 heterocycles. The molecule has 0 amide bonds. The van der Waals surface area contributed by atoms with Crippen LogP contribution in [0.25, 0.3) is 23.3 Å². The van der Waals surface area contributed by atoms with E-state index in [9.17, 15) is 0 Å². The van der Waals surface area contributed by atoms with Crippen molar-refractivity contribution in [1.82, 2.24) is 9.88 Å². The molecule has 2 aliphatic rings. The predicted octanol–water partition coefficient (Wildman–Crippen LogP) is 4.53. The van der Waals surface area contributed by atoms with E-state index >= 15 is 0 Å². The number of aromatic nitrogens is 1. The summed E-state index contributed by atoms with van der Waals surface area (Å²) < 4.78 is 2.28. The Morgan fingerprint density at radius 2 is 1.77 bits per heavy atom. The molecule has 1 aromatic heterocycles. The first kappa shape index (κ1) is 36.1. The molecule has 5 N–H and O–H groups in total. The first-order valence-corrected chi connectivity index (χ1v) is 13.6. The first-order chi connectivity index (χ1) is 18.1. The van der Waals surface area contributed by atoms with Gasteiger partial charge in [-0.05, 0) is 75.5 Å². The third kappa shape index (κ3) is 8.55. The van der Waals surface area contributed by atoms with Crippen LogP contribution in [0.1, 0.15) is 85.2 Å². The summed E-state index contributed by atoms with van der Waals surface area (Å²) in [7, 11) is 4.16. The summed E-state index contributed by atoms with van der Waals surface area (Å²) in [5, 5.41) is 20.3. The largest absolute Gasteiger partial charge is 0.412 e. The Balaban J connectivity index is 0. The molecule has 0 aliphatic heterocycles. The number of benzene rings is 1. The van der Waals surface area contributed by atoms with Gasteiger partial charge in [-0.3, -0.25) is 0 Å². The Labute approximate surface area is 237 Å². The third-order valence-corrected chi connectivity index (χ3v) is 7.93. The highest BCUT2D eigenvalue weighted by Gasteiger charge is 2.41. The maximum atomic E-state index is 8.81. The highest BCUT2D eigenvalue weighted by Crippen LogP contribution is 2.55. The van der Waals surface area contributed by atoms with Crippen molar-refractivity contribution in [2.24, 2.45) is 12.5 Å². The van der Waals surface area contributed by atoms with E-state index in [2.05, 4.69) is 93.5 Å². The van der Waals surface area contributed by atoms with Gasteiger partial charge in [-0.2, -0.15) is 0 Å². The van der Waals surface area contributed by atoms with Crippen molar-refractivity contribution in [1.29, 1.82) is 0 Å². The number of nitrogens with zero attached hydrogens (tertiary/aromatic N) is 1. The van der Waals surface area contributed by atoms with E-state index in [0.717, 1.165) is 32.6 Å². The lowest BCUT2D eigenvalue weighted by Crippen LogP contribution is -2.46. The number of hydrogen-bond acceptors (Lipinski definition) is 4. The molecule has 0 spiro atoms. The van der Waals surface area contributed by atoms with Crippen LogP contribution < -0.4 is 15.9 Å². The Kier molecular flexibility index (Phi) is 15.1. The molecule has 1 saturated carbocycles. The number of nitrogens with one attached hydrogen (secondary N) is 1. The molecule has 1 atom stereocenters. The molecule has 2 aliphatic carbocycles. The number of hydrogen-bond donors (Lipinski definition) is 3. The van der Waals surface area contributed by atoms with Gasteiger partial charge in [0.15, 0.2) is 0 Å². The van der Waals surface area contributed by atoms with Crippen LogP contribution in [-0.2, 0) is 11.8 Å². The van der Waals surface area contributed by atoms with Gasteiger partial charge in [0.25, 0.3) is 0 Å². The molecule has 4 rings (SSSR count). The summed E-state index contributed by atoms with van der Waals surface area (Å²) >= 11 is 0. The lowest BCUT2D eigenvalue weighted by Gasteiger charge is -2.47. The average Bonchev–Trinajstić information content (AvgIpc) is 3.21. The zero-order valence-corrected chi connectivity index (χ0v) is 25.6. The molecule has 1 fully saturated rings. The quantitative estimate of drug-likeness (QED) is 0.368. The minimum Gasteiger partial charge on any atom is -0.412 e. The van der Waals surface area contributed by atoms with E-state index in [-0.39, 0.29) is 12.4 Å². The van der Waals surface area contributed by atoms with Gasteiger partial charge in [0.2, 0.25) is 0 Å². The number of aliphatic hydroxyl groups is 2. The van der Waals surface area contributed by atoms with Gasteiger partial charge in [0.1, 0.15) is 6.29 Å². The molecule has 0 saturated heterocycles. The minimum atomic E-state index is -0.125. The van der Waals surface area contributed by atoms with Crippen molar-refractivity contribution >= 4 is 18.4 Å². The van der Waals surface area contributed by atoms with E-state index in [1.807, 2.05) is 6.92 Å². The van der Waals surface area contributed by atoms with E-state index in [4.69, 9.17) is 15.0 Å². The summed E-state index contributed by atoms with van der Waals surface area (Å²) in [6.45, 7) is 16.5. The normalized spacial score (nSPS) is 18.0. The summed E-state index contributed by atoms with van der Waals surface area (Å²) in [5.74, 6) is 0.709. The molecule has 2 aromatic rings. The van der Waals surface area contributed by atoms with Crippen LogP contribution in [0.4, 0.5) is 0 Å². The third-order valence-electron chi connectivity index (χ3n) is 7.93. The van der Waals surface area contributed by atoms with Crippen molar-refractivity contribution in [3.8, 4) is 11.1 Å². The Bertz CT molecular complexity index is 1230. The fraction of sp³-hybridized carbons (Fsp3) is 0.515. The zero-order valence-electron chi connectivity index (χ0n) is 25.6. The van der Waals surface area contributed by atoms with E-state index < -0.39 is 0 Å². The molecule has 220 valence electrons. The Hall–Kier alpha value is -2.89. The summed E-state index contributed by atoms with van der Waals surface area (Å²) in [6, 6.07) is 7.23. The molecule has 0 radical (unpaired) electrons. The highest BCUT2D eigenvalue weighted by molar-refractivity contribution is 5.69. The van der Waals surface area contributed by atoms with Crippen molar-refractivity contribution in [2.45, 2.75) is 85.1 Å². The Morgan fingerprint density at radius 3 is 2.28 bits per heavy atom. The summed E-state index contributed by atoms with van der Waals surface area (Å²) in [4.78, 5) is 8.81. The minimum absolute atomic E-state index is 0. The number of aliphatic hydroxyl groups excluding tert-OH is 2. The second-order valence-corrected chi connectivity index (χ2v) is 10.5. The highest BCUT2D eigenvalue weighted by atomic mass is 16.2. The fourth-order valence-corrected chi connectivity index (χ4v) is 5.79. The predicted molar refractivity (Wildman–Crippen MR) is 167 cm³/mol. The second-order valence-electron chi connectivity index (χ2n) is 10.5. The summed E-state index contributed by atoms with van der Waals surface area (Å²) in [5.41, 5.74) is 10.0. The number of carbonyl (C=O) groups excluding carboxylic acids is 1. The molecule has 6 nitrogen and oxygen atoms in total. The van der Waals surface area contributed by atoms with Gasteiger partial charge in [-0.15, -0.1) is 5.73 Å². The second kappa shape index (κ2) is 16.3. The standard InChI is InChI=1S/C29H38N2.C2H4O.2CH4O.H2O.H2/c1-8-21(5)30-28(6)12-11-27-25(18-28)26(19-31(27)7)23-14-20(4)13-22(15-23)24-16-29(9-2,10-3)17-24;1-2-3;2*1-2;;/h11,13-15,18-19,24,30H,1,9-10,12,16-17H2,2-7H3;2H,1H3;2*2H,1H3;1H2;1H. The van der Waals surface area contributed by atoms with Crippen LogP contribution in [0.5, 0.6) is 0 Å². The van der Waals surface area contributed by atoms with Crippen LogP contribution >= 0.6 is 0 Å².